The van der Waals surface area contributed by atoms with Crippen molar-refractivity contribution in [3.63, 3.8) is 0 Å². The summed E-state index contributed by atoms with van der Waals surface area (Å²) in [6, 6.07) is 1.64. The Morgan fingerprint density at radius 2 is 1.71 bits per heavy atom. The fraction of sp³-hybridized carbons (Fsp3) is 1.00. The molecule has 0 spiro atoms. The zero-order chi connectivity index (χ0) is 4.69. The van der Waals surface area contributed by atoms with Gasteiger partial charge in [0.25, 0.3) is 0 Å². The molecule has 2 atom stereocenters. The predicted octanol–water partition coefficient (Wildman–Crippen LogP) is -0.680. The number of hydrogen-bond acceptors (Lipinski definition) is 2. The Hall–Kier alpha value is -0.0800. The molecule has 3 aliphatic rings. The fourth-order valence-electron chi connectivity index (χ4n) is 1.37. The van der Waals surface area contributed by atoms with E-state index < -0.39 is 0 Å². The molecule has 3 saturated heterocycles. The molecule has 1 unspecified atom stereocenters. The number of rotatable bonds is 0. The smallest absolute Gasteiger partial charge is 0.0210 e. The molecule has 2 nitrogen and oxygen atoms in total. The third-order valence-corrected chi connectivity index (χ3v) is 1.82. The summed E-state index contributed by atoms with van der Waals surface area (Å²) >= 11 is 0. The summed E-state index contributed by atoms with van der Waals surface area (Å²) in [7, 11) is 0. The van der Waals surface area contributed by atoms with Crippen LogP contribution in [0.1, 0.15) is 6.42 Å². The minimum atomic E-state index is 0.818. The van der Waals surface area contributed by atoms with Crippen molar-refractivity contribution in [2.24, 2.45) is 0 Å². The summed E-state index contributed by atoms with van der Waals surface area (Å²) in [5.41, 5.74) is 0. The highest BCUT2D eigenvalue weighted by atomic mass is 15.1. The molecule has 2 bridgehead atoms. The van der Waals surface area contributed by atoms with Gasteiger partial charge in [0, 0.05) is 25.2 Å². The fourth-order valence-corrected chi connectivity index (χ4v) is 1.37. The van der Waals surface area contributed by atoms with Crippen LogP contribution in [-0.2, 0) is 0 Å². The Kier molecular flexibility index (Phi) is 0.664. The van der Waals surface area contributed by atoms with Gasteiger partial charge in [0.2, 0.25) is 0 Å². The maximum Gasteiger partial charge on any atom is 0.0210 e. The molecule has 3 heterocycles. The predicted molar refractivity (Wildman–Crippen MR) is 28.2 cm³/mol. The second-order valence-electron chi connectivity index (χ2n) is 2.45. The molecule has 0 radical (unpaired) electrons. The normalized spacial score (nSPS) is 48.0. The van der Waals surface area contributed by atoms with Gasteiger partial charge in [0.15, 0.2) is 0 Å². The number of piperazine rings is 1. The maximum absolute atomic E-state index is 3.42. The SMILES string of the molecule is C1NC[C@H]2CC1N2. The van der Waals surface area contributed by atoms with Gasteiger partial charge < -0.3 is 10.6 Å². The topological polar surface area (TPSA) is 24.1 Å². The van der Waals surface area contributed by atoms with Crippen molar-refractivity contribution in [2.75, 3.05) is 13.1 Å². The van der Waals surface area contributed by atoms with Crippen molar-refractivity contribution in [1.29, 1.82) is 0 Å². The zero-order valence-corrected chi connectivity index (χ0v) is 4.28. The van der Waals surface area contributed by atoms with Crippen LogP contribution in [-0.4, -0.2) is 25.2 Å². The van der Waals surface area contributed by atoms with Crippen LogP contribution in [0.5, 0.6) is 0 Å². The Morgan fingerprint density at radius 3 is 1.86 bits per heavy atom. The van der Waals surface area contributed by atoms with Crippen molar-refractivity contribution < 1.29 is 0 Å². The van der Waals surface area contributed by atoms with E-state index in [-0.39, 0.29) is 0 Å². The van der Waals surface area contributed by atoms with Crippen molar-refractivity contribution >= 4 is 0 Å². The van der Waals surface area contributed by atoms with Crippen molar-refractivity contribution in [3.8, 4) is 0 Å². The quantitative estimate of drug-likeness (QED) is 0.419. The first-order valence-electron chi connectivity index (χ1n) is 2.92. The number of nitrogens with one attached hydrogen (secondary N) is 2. The molecule has 3 rings (SSSR count). The summed E-state index contributed by atoms with van der Waals surface area (Å²) < 4.78 is 0. The molecule has 0 aromatic heterocycles. The van der Waals surface area contributed by atoms with Gasteiger partial charge in [-0.25, -0.2) is 0 Å². The number of hydrogen-bond donors (Lipinski definition) is 2. The number of fused-ring (bicyclic) bond motifs is 2. The van der Waals surface area contributed by atoms with E-state index in [4.69, 9.17) is 0 Å². The highest BCUT2D eigenvalue weighted by Crippen LogP contribution is 2.13. The van der Waals surface area contributed by atoms with Crippen LogP contribution in [0.4, 0.5) is 0 Å². The van der Waals surface area contributed by atoms with Crippen molar-refractivity contribution in [1.82, 2.24) is 10.6 Å². The summed E-state index contributed by atoms with van der Waals surface area (Å²) in [5, 5.41) is 6.74. The first-order valence-corrected chi connectivity index (χ1v) is 2.92. The zero-order valence-electron chi connectivity index (χ0n) is 4.28. The van der Waals surface area contributed by atoms with E-state index in [0.717, 1.165) is 12.1 Å². The van der Waals surface area contributed by atoms with E-state index in [1.165, 1.54) is 19.5 Å². The van der Waals surface area contributed by atoms with Gasteiger partial charge in [0.1, 0.15) is 0 Å². The molecule has 3 fully saturated rings. The van der Waals surface area contributed by atoms with Crippen LogP contribution in [0.3, 0.4) is 0 Å². The van der Waals surface area contributed by atoms with E-state index in [0.29, 0.717) is 0 Å². The van der Waals surface area contributed by atoms with E-state index in [9.17, 15) is 0 Å². The third-order valence-electron chi connectivity index (χ3n) is 1.82. The summed E-state index contributed by atoms with van der Waals surface area (Å²) in [6.45, 7) is 2.38. The second-order valence-corrected chi connectivity index (χ2v) is 2.45. The van der Waals surface area contributed by atoms with Crippen LogP contribution < -0.4 is 10.6 Å². The molecule has 0 aromatic carbocycles. The highest BCUT2D eigenvalue weighted by molar-refractivity contribution is 4.95. The van der Waals surface area contributed by atoms with E-state index in [1.807, 2.05) is 0 Å². The Morgan fingerprint density at radius 1 is 1.14 bits per heavy atom. The summed E-state index contributed by atoms with van der Waals surface area (Å²) in [4.78, 5) is 0. The second kappa shape index (κ2) is 1.20. The maximum atomic E-state index is 3.42. The lowest BCUT2D eigenvalue weighted by atomic mass is 9.93. The lowest BCUT2D eigenvalue weighted by Gasteiger charge is -2.42. The Balaban J connectivity index is 1.99. The van der Waals surface area contributed by atoms with Crippen LogP contribution >= 0.6 is 0 Å². The van der Waals surface area contributed by atoms with Gasteiger partial charge in [-0.15, -0.1) is 0 Å². The molecule has 3 aliphatic heterocycles. The summed E-state index contributed by atoms with van der Waals surface area (Å²) in [6.07, 6.45) is 1.41. The standard InChI is InChI=1S/C5H10N2/c1-4-2-6-3-5(1)7-4/h4-7H,1-3H2/t4-,5?/m1/s1. The van der Waals surface area contributed by atoms with E-state index in [2.05, 4.69) is 10.6 Å². The third kappa shape index (κ3) is 0.469. The molecule has 40 valence electrons. The lowest BCUT2D eigenvalue weighted by Crippen LogP contribution is -2.65. The van der Waals surface area contributed by atoms with Crippen molar-refractivity contribution in [2.45, 2.75) is 18.5 Å². The molecular formula is C5H10N2. The average molecular weight is 98.1 g/mol. The number of piperidine rings is 1. The average Bonchev–Trinajstić information content (AvgIpc) is 1.67. The largest absolute Gasteiger partial charge is 0.314 e. The van der Waals surface area contributed by atoms with Crippen LogP contribution in [0, 0.1) is 0 Å². The highest BCUT2D eigenvalue weighted by Gasteiger charge is 2.31. The van der Waals surface area contributed by atoms with E-state index in [1.54, 1.807) is 0 Å². The molecule has 0 aliphatic carbocycles. The molecule has 0 aromatic rings. The lowest BCUT2D eigenvalue weighted by molar-refractivity contribution is 0.201. The Labute approximate surface area is 43.3 Å². The molecule has 0 saturated carbocycles. The van der Waals surface area contributed by atoms with Gasteiger partial charge >= 0.3 is 0 Å². The van der Waals surface area contributed by atoms with Gasteiger partial charge in [-0.05, 0) is 6.42 Å². The minimum absolute atomic E-state index is 0.818. The van der Waals surface area contributed by atoms with Crippen LogP contribution in [0.2, 0.25) is 0 Å². The molecule has 0 amide bonds. The van der Waals surface area contributed by atoms with Gasteiger partial charge in [-0.1, -0.05) is 0 Å². The van der Waals surface area contributed by atoms with Crippen LogP contribution in [0.15, 0.2) is 0 Å². The molecule has 2 N–H and O–H groups in total. The van der Waals surface area contributed by atoms with Gasteiger partial charge in [0.05, 0.1) is 0 Å². The Bertz CT molecular complexity index is 62.6. The first kappa shape index (κ1) is 3.87. The summed E-state index contributed by atoms with van der Waals surface area (Å²) in [5.74, 6) is 0. The molecule has 2 heteroatoms. The molecule has 7 heavy (non-hydrogen) atoms. The minimum Gasteiger partial charge on any atom is -0.314 e. The van der Waals surface area contributed by atoms with Gasteiger partial charge in [-0.2, -0.15) is 0 Å². The van der Waals surface area contributed by atoms with E-state index >= 15 is 0 Å². The van der Waals surface area contributed by atoms with Gasteiger partial charge in [-0.3, -0.25) is 0 Å². The first-order chi connectivity index (χ1) is 3.45. The van der Waals surface area contributed by atoms with Crippen molar-refractivity contribution in [3.05, 3.63) is 0 Å². The van der Waals surface area contributed by atoms with Crippen LogP contribution in [0.25, 0.3) is 0 Å². The molecular weight excluding hydrogens is 88.1 g/mol. The monoisotopic (exact) mass is 98.1 g/mol.